The Kier molecular flexibility index (Phi) is 6.55. The van der Waals surface area contributed by atoms with Gasteiger partial charge < -0.3 is 14.8 Å². The third kappa shape index (κ3) is 4.19. The molecular formula is C22H32N2O3. The number of piperidine rings is 1. The van der Waals surface area contributed by atoms with E-state index in [9.17, 15) is 9.90 Å². The van der Waals surface area contributed by atoms with Gasteiger partial charge in [0.1, 0.15) is 0 Å². The number of benzene rings is 1. The summed E-state index contributed by atoms with van der Waals surface area (Å²) >= 11 is 0. The fourth-order valence-corrected chi connectivity index (χ4v) is 4.68. The second kappa shape index (κ2) is 8.89. The van der Waals surface area contributed by atoms with Crippen LogP contribution in [0.2, 0.25) is 0 Å². The van der Waals surface area contributed by atoms with Crippen molar-refractivity contribution in [2.45, 2.75) is 45.6 Å². The van der Waals surface area contributed by atoms with Gasteiger partial charge >= 0.3 is 5.97 Å². The summed E-state index contributed by atoms with van der Waals surface area (Å²) < 4.78 is 5.22. The summed E-state index contributed by atoms with van der Waals surface area (Å²) in [6, 6.07) is 8.51. The normalized spacial score (nSPS) is 23.6. The van der Waals surface area contributed by atoms with E-state index in [0.29, 0.717) is 31.3 Å². The van der Waals surface area contributed by atoms with Crippen LogP contribution in [-0.4, -0.2) is 47.8 Å². The first-order valence-electron chi connectivity index (χ1n) is 10.1. The van der Waals surface area contributed by atoms with Crippen molar-refractivity contribution in [3.63, 3.8) is 0 Å². The Hall–Kier alpha value is -1.85. The van der Waals surface area contributed by atoms with Gasteiger partial charge in [-0.3, -0.25) is 9.69 Å². The molecule has 1 aliphatic heterocycles. The summed E-state index contributed by atoms with van der Waals surface area (Å²) in [5.74, 6) is 0.737. The van der Waals surface area contributed by atoms with Gasteiger partial charge in [-0.05, 0) is 50.3 Å². The zero-order valence-corrected chi connectivity index (χ0v) is 16.7. The summed E-state index contributed by atoms with van der Waals surface area (Å²) in [6.07, 6.45) is 3.13. The topological polar surface area (TPSA) is 65.6 Å². The highest BCUT2D eigenvalue weighted by Crippen LogP contribution is 2.41. The summed E-state index contributed by atoms with van der Waals surface area (Å²) in [7, 11) is 2.17. The highest BCUT2D eigenvalue weighted by molar-refractivity contribution is 5.84. The van der Waals surface area contributed by atoms with Crippen LogP contribution in [0.5, 0.6) is 0 Å². The fraction of sp³-hybridized carbons (Fsp3) is 0.591. The number of nitrogens with zero attached hydrogens (tertiary/aromatic N) is 1. The molecular weight excluding hydrogens is 340 g/mol. The predicted molar refractivity (Wildman–Crippen MR) is 108 cm³/mol. The molecule has 148 valence electrons. The van der Waals surface area contributed by atoms with Crippen LogP contribution in [-0.2, 0) is 16.0 Å². The first kappa shape index (κ1) is 19.9. The monoisotopic (exact) mass is 372 g/mol. The van der Waals surface area contributed by atoms with Gasteiger partial charge in [0, 0.05) is 36.2 Å². The molecule has 2 heterocycles. The molecule has 0 unspecified atom stereocenters. The Labute approximate surface area is 161 Å². The van der Waals surface area contributed by atoms with E-state index in [0.717, 1.165) is 24.9 Å². The molecule has 1 aromatic heterocycles. The van der Waals surface area contributed by atoms with Crippen LogP contribution in [0.15, 0.2) is 24.3 Å². The third-order valence-corrected chi connectivity index (χ3v) is 6.05. The Morgan fingerprint density at radius 3 is 2.78 bits per heavy atom. The predicted octanol–water partition coefficient (Wildman–Crippen LogP) is 3.67. The minimum absolute atomic E-state index is 0.0866. The average Bonchev–Trinajstić information content (AvgIpc) is 3.02. The number of rotatable bonds is 7. The number of aliphatic hydroxyl groups excluding tert-OH is 1. The van der Waals surface area contributed by atoms with E-state index in [1.54, 1.807) is 0 Å². The number of H-pyrrole nitrogens is 1. The summed E-state index contributed by atoms with van der Waals surface area (Å²) in [5, 5.41) is 10.8. The fourth-order valence-electron chi connectivity index (χ4n) is 4.68. The highest BCUT2D eigenvalue weighted by atomic mass is 16.5. The molecule has 3 rings (SSSR count). The number of carbonyl (C=O) groups is 1. The van der Waals surface area contributed by atoms with E-state index in [1.807, 2.05) is 19.1 Å². The second-order valence-electron chi connectivity index (χ2n) is 7.67. The number of hydrogen-bond acceptors (Lipinski definition) is 4. The minimum Gasteiger partial charge on any atom is -0.466 e. The van der Waals surface area contributed by atoms with Crippen molar-refractivity contribution in [2.75, 3.05) is 26.8 Å². The molecule has 0 bridgehead atoms. The number of hydrogen-bond donors (Lipinski definition) is 2. The van der Waals surface area contributed by atoms with Gasteiger partial charge in [-0.15, -0.1) is 0 Å². The average molecular weight is 373 g/mol. The lowest BCUT2D eigenvalue weighted by molar-refractivity contribution is -0.145. The van der Waals surface area contributed by atoms with Gasteiger partial charge in [0.15, 0.2) is 0 Å². The van der Waals surface area contributed by atoms with Crippen LogP contribution >= 0.6 is 0 Å². The highest BCUT2D eigenvalue weighted by Gasteiger charge is 2.36. The van der Waals surface area contributed by atoms with Crippen LogP contribution in [0, 0.1) is 11.8 Å². The van der Waals surface area contributed by atoms with E-state index < -0.39 is 0 Å². The zero-order valence-electron chi connectivity index (χ0n) is 16.7. The standard InChI is InChI=1S/C22H32N2O3/c1-4-15-14-24(3)20(12-16(15)13-21(26)27-5-2)22-18(10-11-25)17-8-6-7-9-19(17)23-22/h6-9,15-16,20,23,25H,4-5,10-14H2,1-3H3/t15-,16+,20-/m0/s1. The number of para-hydroxylation sites is 1. The summed E-state index contributed by atoms with van der Waals surface area (Å²) in [4.78, 5) is 18.1. The number of likely N-dealkylation sites (tertiary alicyclic amines) is 1. The molecule has 1 saturated heterocycles. The summed E-state index contributed by atoms with van der Waals surface area (Å²) in [5.41, 5.74) is 3.51. The number of ether oxygens (including phenoxy) is 1. The largest absolute Gasteiger partial charge is 0.466 e. The van der Waals surface area contributed by atoms with Gasteiger partial charge in [0.2, 0.25) is 0 Å². The van der Waals surface area contributed by atoms with Gasteiger partial charge in [0.05, 0.1) is 12.6 Å². The van der Waals surface area contributed by atoms with Crippen LogP contribution in [0.1, 0.15) is 50.4 Å². The molecule has 1 aliphatic rings. The number of aromatic amines is 1. The van der Waals surface area contributed by atoms with Crippen molar-refractivity contribution in [1.82, 2.24) is 9.88 Å². The van der Waals surface area contributed by atoms with E-state index >= 15 is 0 Å². The Balaban J connectivity index is 1.92. The third-order valence-electron chi connectivity index (χ3n) is 6.05. The quantitative estimate of drug-likeness (QED) is 0.728. The van der Waals surface area contributed by atoms with Crippen molar-refractivity contribution >= 4 is 16.9 Å². The van der Waals surface area contributed by atoms with Crippen molar-refractivity contribution in [3.05, 3.63) is 35.5 Å². The zero-order chi connectivity index (χ0) is 19.4. The lowest BCUT2D eigenvalue weighted by Crippen LogP contribution is -2.41. The molecule has 0 spiro atoms. The van der Waals surface area contributed by atoms with E-state index in [4.69, 9.17) is 4.74 Å². The van der Waals surface area contributed by atoms with Crippen LogP contribution in [0.25, 0.3) is 10.9 Å². The van der Waals surface area contributed by atoms with E-state index in [1.165, 1.54) is 16.6 Å². The Morgan fingerprint density at radius 2 is 2.07 bits per heavy atom. The van der Waals surface area contributed by atoms with Crippen molar-refractivity contribution in [1.29, 1.82) is 0 Å². The Bertz CT molecular complexity index is 770. The van der Waals surface area contributed by atoms with Gasteiger partial charge in [0.25, 0.3) is 0 Å². The van der Waals surface area contributed by atoms with Crippen molar-refractivity contribution in [2.24, 2.45) is 11.8 Å². The number of esters is 1. The Morgan fingerprint density at radius 1 is 1.30 bits per heavy atom. The maximum atomic E-state index is 12.1. The number of aromatic nitrogens is 1. The first-order chi connectivity index (χ1) is 13.1. The molecule has 2 aromatic rings. The maximum Gasteiger partial charge on any atom is 0.306 e. The molecule has 1 aromatic carbocycles. The number of fused-ring (bicyclic) bond motifs is 1. The molecule has 1 fully saturated rings. The van der Waals surface area contributed by atoms with Crippen molar-refractivity contribution < 1.29 is 14.6 Å². The molecule has 27 heavy (non-hydrogen) atoms. The second-order valence-corrected chi connectivity index (χ2v) is 7.67. The van der Waals surface area contributed by atoms with Crippen molar-refractivity contribution in [3.8, 4) is 0 Å². The van der Waals surface area contributed by atoms with Gasteiger partial charge in [-0.1, -0.05) is 31.5 Å². The summed E-state index contributed by atoms with van der Waals surface area (Å²) in [6.45, 7) is 5.61. The van der Waals surface area contributed by atoms with E-state index in [-0.39, 0.29) is 18.6 Å². The van der Waals surface area contributed by atoms with Crippen LogP contribution in [0.4, 0.5) is 0 Å². The molecule has 5 nitrogen and oxygen atoms in total. The van der Waals surface area contributed by atoms with Gasteiger partial charge in [-0.2, -0.15) is 0 Å². The number of nitrogens with one attached hydrogen (secondary N) is 1. The smallest absolute Gasteiger partial charge is 0.306 e. The number of carbonyl (C=O) groups excluding carboxylic acids is 1. The number of aliphatic hydroxyl groups is 1. The van der Waals surface area contributed by atoms with Gasteiger partial charge in [-0.25, -0.2) is 0 Å². The molecule has 0 amide bonds. The molecule has 5 heteroatoms. The van der Waals surface area contributed by atoms with Crippen LogP contribution in [0.3, 0.4) is 0 Å². The maximum absolute atomic E-state index is 12.1. The van der Waals surface area contributed by atoms with Crippen LogP contribution < -0.4 is 0 Å². The molecule has 0 saturated carbocycles. The molecule has 0 radical (unpaired) electrons. The van der Waals surface area contributed by atoms with E-state index in [2.05, 4.69) is 36.0 Å². The SMILES string of the molecule is CCOC(=O)C[C@H]1C[C@@H](c2[nH]c3ccccc3c2CCO)N(C)C[C@@H]1CC. The lowest BCUT2D eigenvalue weighted by atomic mass is 9.77. The lowest BCUT2D eigenvalue weighted by Gasteiger charge is -2.42. The molecule has 2 N–H and O–H groups in total. The first-order valence-corrected chi connectivity index (χ1v) is 10.1. The molecule has 3 atom stereocenters. The minimum atomic E-state index is -0.0866. The molecule has 0 aliphatic carbocycles.